The first-order chi connectivity index (χ1) is 6.09. The average Bonchev–Trinajstić information content (AvgIpc) is 2.48. The van der Waals surface area contributed by atoms with Gasteiger partial charge in [-0.3, -0.25) is 0 Å². The summed E-state index contributed by atoms with van der Waals surface area (Å²) in [4.78, 5) is 0. The van der Waals surface area contributed by atoms with Crippen LogP contribution in [0.25, 0.3) is 11.0 Å². The zero-order valence-corrected chi connectivity index (χ0v) is 10.4. The second-order valence-corrected chi connectivity index (χ2v) is 2.55. The molecule has 0 aliphatic rings. The summed E-state index contributed by atoms with van der Waals surface area (Å²) in [5, 5.41) is 6.51. The zero-order valence-electron chi connectivity index (χ0n) is 7.25. The monoisotopic (exact) mass is 226 g/mol. The molecule has 0 N–H and O–H groups in total. The van der Waals surface area contributed by atoms with E-state index in [9.17, 15) is 12.9 Å². The van der Waals surface area contributed by atoms with Crippen molar-refractivity contribution in [1.82, 2.24) is 10.3 Å². The van der Waals surface area contributed by atoms with Crippen LogP contribution >= 0.6 is 0 Å². The fraction of sp³-hybridized carbons (Fsp3) is 0. The zero-order chi connectivity index (χ0) is 9.47. The van der Waals surface area contributed by atoms with Gasteiger partial charge in [0, 0.05) is 0 Å². The Morgan fingerprint density at radius 1 is 1.14 bits per heavy atom. The van der Waals surface area contributed by atoms with Crippen LogP contribution in [0.4, 0.5) is 12.9 Å². The minimum atomic E-state index is -5.05. The summed E-state index contributed by atoms with van der Waals surface area (Å²) in [6.07, 6.45) is 0. The third-order valence-electron chi connectivity index (χ3n) is 1.67. The first-order valence-corrected chi connectivity index (χ1v) is 3.50. The van der Waals surface area contributed by atoms with E-state index in [2.05, 4.69) is 14.9 Å². The molecule has 3 nitrogen and oxygen atoms in total. The molecule has 0 radical (unpaired) electrons. The molecule has 0 unspecified atom stereocenters. The van der Waals surface area contributed by atoms with Gasteiger partial charge in [-0.25, -0.2) is 4.63 Å². The molecule has 0 spiro atoms. The van der Waals surface area contributed by atoms with E-state index < -0.39 is 12.4 Å². The molecule has 68 valence electrons. The van der Waals surface area contributed by atoms with E-state index >= 15 is 0 Å². The number of hydrogen-bond donors (Lipinski definition) is 0. The number of rotatable bonds is 1. The Morgan fingerprint density at radius 3 is 2.50 bits per heavy atom. The van der Waals surface area contributed by atoms with Crippen molar-refractivity contribution in [3.05, 3.63) is 18.2 Å². The van der Waals surface area contributed by atoms with Gasteiger partial charge < -0.3 is 12.9 Å². The van der Waals surface area contributed by atoms with Gasteiger partial charge in [0.25, 0.3) is 0 Å². The van der Waals surface area contributed by atoms with Crippen LogP contribution < -0.4 is 56.8 Å². The Hall–Kier alpha value is 0.111. The SMILES string of the molecule is F[B-](F)(F)c1cccc2nonc12.[K+]. The van der Waals surface area contributed by atoms with Gasteiger partial charge in [0.1, 0.15) is 11.0 Å². The normalized spacial score (nSPS) is 11.4. The Balaban J connectivity index is 0.000000980. The Bertz CT molecular complexity index is 444. The molecule has 0 aliphatic carbocycles. The maximum absolute atomic E-state index is 12.3. The van der Waals surface area contributed by atoms with Crippen molar-refractivity contribution in [1.29, 1.82) is 0 Å². The third kappa shape index (κ3) is 2.19. The molecular formula is C6H3BF3KN2O. The predicted molar refractivity (Wildman–Crippen MR) is 40.5 cm³/mol. The van der Waals surface area contributed by atoms with Crippen molar-refractivity contribution >= 4 is 23.5 Å². The Labute approximate surface area is 119 Å². The van der Waals surface area contributed by atoms with Gasteiger partial charge in [0.2, 0.25) is 0 Å². The van der Waals surface area contributed by atoms with Crippen LogP contribution in [-0.4, -0.2) is 17.3 Å². The van der Waals surface area contributed by atoms with Crippen molar-refractivity contribution in [2.45, 2.75) is 0 Å². The smallest absolute Gasteiger partial charge is 0.445 e. The van der Waals surface area contributed by atoms with Gasteiger partial charge in [-0.05, 0) is 11.2 Å². The van der Waals surface area contributed by atoms with Crippen molar-refractivity contribution in [3.63, 3.8) is 0 Å². The number of hydrogen-bond acceptors (Lipinski definition) is 3. The third-order valence-corrected chi connectivity index (χ3v) is 1.67. The van der Waals surface area contributed by atoms with Crippen LogP contribution in [0.1, 0.15) is 0 Å². The summed E-state index contributed by atoms with van der Waals surface area (Å²) < 4.78 is 41.3. The molecule has 14 heavy (non-hydrogen) atoms. The van der Waals surface area contributed by atoms with E-state index in [0.717, 1.165) is 6.07 Å². The number of halogens is 3. The van der Waals surface area contributed by atoms with Crippen molar-refractivity contribution in [3.8, 4) is 0 Å². The van der Waals surface area contributed by atoms with Gasteiger partial charge in [-0.1, -0.05) is 22.8 Å². The molecule has 0 bridgehead atoms. The summed E-state index contributed by atoms with van der Waals surface area (Å²) in [5.74, 6) is 0. The number of fused-ring (bicyclic) bond motifs is 1. The molecule has 0 fully saturated rings. The van der Waals surface area contributed by atoms with Crippen LogP contribution in [-0.2, 0) is 0 Å². The molecule has 1 aromatic carbocycles. The molecule has 0 saturated heterocycles. The maximum atomic E-state index is 12.3. The van der Waals surface area contributed by atoms with E-state index in [4.69, 9.17) is 0 Å². The predicted octanol–water partition coefficient (Wildman–Crippen LogP) is -1.72. The second kappa shape index (κ2) is 4.32. The largest absolute Gasteiger partial charge is 1.00 e. The van der Waals surface area contributed by atoms with Crippen molar-refractivity contribution in [2.75, 3.05) is 0 Å². The Kier molecular flexibility index (Phi) is 3.75. The van der Waals surface area contributed by atoms with Crippen LogP contribution in [0.15, 0.2) is 22.8 Å². The standard InChI is InChI=1S/C6H3BF3N2O.K/c8-7(9,10)4-2-1-3-5-6(4)12-13-11-5;/h1-3H;/q-1;+1. The fourth-order valence-electron chi connectivity index (χ4n) is 1.09. The minimum Gasteiger partial charge on any atom is -0.445 e. The molecule has 2 rings (SSSR count). The Morgan fingerprint density at radius 2 is 1.86 bits per heavy atom. The van der Waals surface area contributed by atoms with Crippen LogP contribution in [0, 0.1) is 0 Å². The summed E-state index contributed by atoms with van der Waals surface area (Å²) in [6.45, 7) is -5.05. The van der Waals surface area contributed by atoms with E-state index in [0.29, 0.717) is 0 Å². The molecule has 0 atom stereocenters. The molecule has 8 heteroatoms. The quantitative estimate of drug-likeness (QED) is 0.543. The fourth-order valence-corrected chi connectivity index (χ4v) is 1.09. The molecule has 2 aromatic rings. The van der Waals surface area contributed by atoms with Gasteiger partial charge in [-0.15, -0.1) is 0 Å². The number of aromatic nitrogens is 2. The topological polar surface area (TPSA) is 38.9 Å². The molecule has 1 aromatic heterocycles. The van der Waals surface area contributed by atoms with Gasteiger partial charge in [0.05, 0.1) is 0 Å². The molecule has 0 amide bonds. The first kappa shape index (κ1) is 12.2. The molecule has 1 heterocycles. The number of nitrogens with zero attached hydrogens (tertiary/aromatic N) is 2. The summed E-state index contributed by atoms with van der Waals surface area (Å²) in [5.41, 5.74) is -0.870. The summed E-state index contributed by atoms with van der Waals surface area (Å²) >= 11 is 0. The van der Waals surface area contributed by atoms with Crippen LogP contribution in [0.5, 0.6) is 0 Å². The van der Waals surface area contributed by atoms with Gasteiger partial charge >= 0.3 is 58.4 Å². The molecule has 0 saturated carbocycles. The molecular weight excluding hydrogens is 223 g/mol. The maximum Gasteiger partial charge on any atom is 1.00 e. The van der Waals surface area contributed by atoms with E-state index in [-0.39, 0.29) is 62.4 Å². The van der Waals surface area contributed by atoms with E-state index in [1.807, 2.05) is 0 Å². The number of benzene rings is 1. The van der Waals surface area contributed by atoms with Gasteiger partial charge in [0.15, 0.2) is 0 Å². The van der Waals surface area contributed by atoms with E-state index in [1.54, 1.807) is 0 Å². The first-order valence-electron chi connectivity index (χ1n) is 3.50. The second-order valence-electron chi connectivity index (χ2n) is 2.55. The van der Waals surface area contributed by atoms with Crippen molar-refractivity contribution in [2.24, 2.45) is 0 Å². The minimum absolute atomic E-state index is 0. The average molecular weight is 226 g/mol. The molecule has 0 aliphatic heterocycles. The summed E-state index contributed by atoms with van der Waals surface area (Å²) in [6, 6.07) is 3.65. The van der Waals surface area contributed by atoms with Crippen LogP contribution in [0.2, 0.25) is 0 Å². The van der Waals surface area contributed by atoms with Crippen LogP contribution in [0.3, 0.4) is 0 Å². The van der Waals surface area contributed by atoms with E-state index in [1.165, 1.54) is 12.1 Å². The summed E-state index contributed by atoms with van der Waals surface area (Å²) in [7, 11) is 0. The van der Waals surface area contributed by atoms with Gasteiger partial charge in [-0.2, -0.15) is 0 Å². The van der Waals surface area contributed by atoms with Crippen molar-refractivity contribution < 1.29 is 69.0 Å².